The standard InChI is InChI=1S/C35H43N11O3/c47-28-29(48)34(49-30(28)32-41-43-46(42-32)21-23-14-15-23)45-22-38-27-31(39-35(40-33(27)45)36-16-19-44-17-8-3-9-18-44)37-20-26(24-10-4-1-5-11-24)25-12-6-2-7-13-25/h1-2,4-7,10-13,22-23,26,28-30,34,47-48H,3,8-9,14-21H2,(H2,36,37,39,40)/t28-,29+,30-,34+/m0/s1. The molecule has 0 bridgehead atoms. The van der Waals surface area contributed by atoms with Crippen LogP contribution in [-0.2, 0) is 11.3 Å². The van der Waals surface area contributed by atoms with Gasteiger partial charge in [0.25, 0.3) is 0 Å². The molecule has 1 aliphatic carbocycles. The van der Waals surface area contributed by atoms with E-state index in [0.29, 0.717) is 48.5 Å². The summed E-state index contributed by atoms with van der Waals surface area (Å²) >= 11 is 0. The predicted octanol–water partition coefficient (Wildman–Crippen LogP) is 3.36. The summed E-state index contributed by atoms with van der Waals surface area (Å²) in [6.45, 7) is 5.02. The van der Waals surface area contributed by atoms with Crippen LogP contribution >= 0.6 is 0 Å². The number of anilines is 2. The van der Waals surface area contributed by atoms with Crippen molar-refractivity contribution in [2.24, 2.45) is 5.92 Å². The van der Waals surface area contributed by atoms with Crippen LogP contribution < -0.4 is 10.6 Å². The van der Waals surface area contributed by atoms with Crippen molar-refractivity contribution >= 4 is 22.9 Å². The molecule has 5 heterocycles. The maximum Gasteiger partial charge on any atom is 0.226 e. The van der Waals surface area contributed by atoms with Gasteiger partial charge in [-0.05, 0) is 61.0 Å². The molecule has 3 fully saturated rings. The van der Waals surface area contributed by atoms with Gasteiger partial charge in [0.2, 0.25) is 11.8 Å². The van der Waals surface area contributed by atoms with Crippen molar-refractivity contribution in [3.05, 3.63) is 83.9 Å². The lowest BCUT2D eigenvalue weighted by Crippen LogP contribution is -2.34. The number of imidazole rings is 1. The maximum absolute atomic E-state index is 11.2. The summed E-state index contributed by atoms with van der Waals surface area (Å²) in [6, 6.07) is 20.8. The first-order chi connectivity index (χ1) is 24.1. The van der Waals surface area contributed by atoms with Crippen LogP contribution in [0.25, 0.3) is 11.2 Å². The molecule has 4 atom stereocenters. The van der Waals surface area contributed by atoms with Crippen LogP contribution in [-0.4, -0.2) is 99.8 Å². The first-order valence-corrected chi connectivity index (χ1v) is 17.4. The number of fused-ring (bicyclic) bond motifs is 1. The summed E-state index contributed by atoms with van der Waals surface area (Å²) in [5.74, 6) is 1.87. The molecule has 3 aromatic heterocycles. The van der Waals surface area contributed by atoms with Gasteiger partial charge in [-0.15, -0.1) is 10.2 Å². The molecule has 0 spiro atoms. The molecule has 0 unspecified atom stereocenters. The smallest absolute Gasteiger partial charge is 0.226 e. The summed E-state index contributed by atoms with van der Waals surface area (Å²) < 4.78 is 7.91. The van der Waals surface area contributed by atoms with Crippen molar-refractivity contribution in [1.29, 1.82) is 0 Å². The number of ether oxygens (including phenoxy) is 1. The Morgan fingerprint density at radius 3 is 2.33 bits per heavy atom. The largest absolute Gasteiger partial charge is 0.387 e. The maximum atomic E-state index is 11.2. The molecule has 0 amide bonds. The van der Waals surface area contributed by atoms with Crippen LogP contribution in [0.5, 0.6) is 0 Å². The van der Waals surface area contributed by atoms with Crippen LogP contribution in [0.3, 0.4) is 0 Å². The first-order valence-electron chi connectivity index (χ1n) is 17.4. The molecule has 2 aliphatic heterocycles. The zero-order valence-corrected chi connectivity index (χ0v) is 27.4. The van der Waals surface area contributed by atoms with E-state index in [1.54, 1.807) is 15.7 Å². The molecule has 2 saturated heterocycles. The van der Waals surface area contributed by atoms with Crippen LogP contribution in [0.1, 0.15) is 67.3 Å². The van der Waals surface area contributed by atoms with Gasteiger partial charge in [-0.3, -0.25) is 4.57 Å². The van der Waals surface area contributed by atoms with Crippen LogP contribution in [0.2, 0.25) is 0 Å². The van der Waals surface area contributed by atoms with Gasteiger partial charge in [-0.2, -0.15) is 14.8 Å². The second-order valence-electron chi connectivity index (χ2n) is 13.4. The third kappa shape index (κ3) is 6.99. The number of aliphatic hydroxyl groups is 2. The second kappa shape index (κ2) is 14.2. The number of benzene rings is 2. The molecule has 4 N–H and O–H groups in total. The van der Waals surface area contributed by atoms with Crippen LogP contribution in [0, 0.1) is 5.92 Å². The highest BCUT2D eigenvalue weighted by atomic mass is 16.6. The Kier molecular flexibility index (Phi) is 9.17. The number of nitrogens with one attached hydrogen (secondary N) is 2. The monoisotopic (exact) mass is 665 g/mol. The number of hydrogen-bond donors (Lipinski definition) is 4. The summed E-state index contributed by atoms with van der Waals surface area (Å²) in [5.41, 5.74) is 3.36. The number of likely N-dealkylation sites (tertiary alicyclic amines) is 1. The number of aliphatic hydroxyl groups excluding tert-OH is 2. The molecule has 0 radical (unpaired) electrons. The fraction of sp³-hybridized carbons (Fsp3) is 0.486. The lowest BCUT2D eigenvalue weighted by molar-refractivity contribution is -0.0384. The number of piperidine rings is 1. The van der Waals surface area contributed by atoms with E-state index in [9.17, 15) is 10.2 Å². The van der Waals surface area contributed by atoms with Gasteiger partial charge in [-0.1, -0.05) is 67.1 Å². The number of nitrogens with zero attached hydrogens (tertiary/aromatic N) is 9. The van der Waals surface area contributed by atoms with Crippen molar-refractivity contribution in [2.75, 3.05) is 43.4 Å². The predicted molar refractivity (Wildman–Crippen MR) is 183 cm³/mol. The molecular weight excluding hydrogens is 622 g/mol. The topological polar surface area (TPSA) is 164 Å². The fourth-order valence-corrected chi connectivity index (χ4v) is 6.89. The molecule has 2 aromatic carbocycles. The Hall–Kier alpha value is -4.50. The second-order valence-corrected chi connectivity index (χ2v) is 13.4. The Balaban J connectivity index is 1.08. The van der Waals surface area contributed by atoms with E-state index in [-0.39, 0.29) is 11.7 Å². The highest BCUT2D eigenvalue weighted by Gasteiger charge is 2.47. The van der Waals surface area contributed by atoms with Crippen LogP contribution in [0.15, 0.2) is 67.0 Å². The van der Waals surface area contributed by atoms with Gasteiger partial charge >= 0.3 is 0 Å². The Bertz CT molecular complexity index is 1790. The highest BCUT2D eigenvalue weighted by Crippen LogP contribution is 2.39. The van der Waals surface area contributed by atoms with Gasteiger partial charge in [0, 0.05) is 25.6 Å². The molecule has 8 rings (SSSR count). The number of rotatable bonds is 13. The SMILES string of the molecule is O[C@@H]1[C@H](O)[C@@H](c2nnn(CC3CC3)n2)O[C@H]1n1cnc2c(NCC(c3ccccc3)c3ccccc3)nc(NCCN3CCCCC3)nc21. The van der Waals surface area contributed by atoms with Gasteiger partial charge in [0.05, 0.1) is 12.9 Å². The Labute approximate surface area is 284 Å². The molecule has 5 aromatic rings. The molecule has 14 heteroatoms. The summed E-state index contributed by atoms with van der Waals surface area (Å²) in [7, 11) is 0. The van der Waals surface area contributed by atoms with Gasteiger partial charge < -0.3 is 30.5 Å². The molecule has 3 aliphatic rings. The van der Waals surface area contributed by atoms with E-state index in [0.717, 1.165) is 32.5 Å². The van der Waals surface area contributed by atoms with Crippen molar-refractivity contribution in [2.45, 2.75) is 69.1 Å². The minimum Gasteiger partial charge on any atom is -0.387 e. The van der Waals surface area contributed by atoms with Gasteiger partial charge in [-0.25, -0.2) is 4.98 Å². The Morgan fingerprint density at radius 2 is 1.61 bits per heavy atom. The fourth-order valence-electron chi connectivity index (χ4n) is 6.89. The quantitative estimate of drug-likeness (QED) is 0.145. The van der Waals surface area contributed by atoms with E-state index in [4.69, 9.17) is 19.7 Å². The lowest BCUT2D eigenvalue weighted by Gasteiger charge is -2.26. The van der Waals surface area contributed by atoms with E-state index in [1.165, 1.54) is 30.4 Å². The third-order valence-corrected chi connectivity index (χ3v) is 9.81. The molecule has 14 nitrogen and oxygen atoms in total. The third-order valence-electron chi connectivity index (χ3n) is 9.81. The number of tetrazole rings is 1. The van der Waals surface area contributed by atoms with Crippen molar-refractivity contribution in [3.8, 4) is 0 Å². The summed E-state index contributed by atoms with van der Waals surface area (Å²) in [4.78, 5) is 18.5. The zero-order valence-electron chi connectivity index (χ0n) is 27.4. The zero-order chi connectivity index (χ0) is 33.2. The average molecular weight is 666 g/mol. The van der Waals surface area contributed by atoms with E-state index in [2.05, 4.69) is 79.5 Å². The lowest BCUT2D eigenvalue weighted by atomic mass is 9.91. The van der Waals surface area contributed by atoms with Crippen molar-refractivity contribution < 1.29 is 14.9 Å². The number of hydrogen-bond acceptors (Lipinski definition) is 12. The van der Waals surface area contributed by atoms with Crippen molar-refractivity contribution in [1.82, 2.24) is 44.6 Å². The first kappa shape index (κ1) is 31.7. The molecule has 49 heavy (non-hydrogen) atoms. The summed E-state index contributed by atoms with van der Waals surface area (Å²) in [6.07, 6.45) is 3.15. The minimum absolute atomic E-state index is 0.0572. The highest BCUT2D eigenvalue weighted by molar-refractivity contribution is 5.84. The van der Waals surface area contributed by atoms with Crippen LogP contribution in [0.4, 0.5) is 11.8 Å². The molecule has 256 valence electrons. The van der Waals surface area contributed by atoms with Gasteiger partial charge in [0.15, 0.2) is 29.3 Å². The van der Waals surface area contributed by atoms with Gasteiger partial charge in [0.1, 0.15) is 12.2 Å². The van der Waals surface area contributed by atoms with E-state index >= 15 is 0 Å². The van der Waals surface area contributed by atoms with E-state index in [1.807, 2.05) is 12.1 Å². The minimum atomic E-state index is -1.28. The number of aromatic nitrogens is 8. The molecular formula is C35H43N11O3. The van der Waals surface area contributed by atoms with E-state index < -0.39 is 24.5 Å². The Morgan fingerprint density at radius 1 is 0.878 bits per heavy atom. The van der Waals surface area contributed by atoms with Crippen molar-refractivity contribution in [3.63, 3.8) is 0 Å². The summed E-state index contributed by atoms with van der Waals surface area (Å²) in [5, 5.41) is 42.1. The average Bonchev–Trinajstić information content (AvgIpc) is 3.53. The molecule has 1 saturated carbocycles. The normalized spacial score (nSPS) is 23.0.